The standard InChI is InChI=1S/C28H50O9Si/c1-13-34-26(31)20(8)24(27(32)36-28(9,10)11)21(37-38(14-2,15-3)19(6)7)16-23(30)35-25(18(4)5)22(17-29)33-12/h17-19,21-22,25H,13-16H2,1-12H3/b24-20-/t21-,22+,25-/m1/s1. The van der Waals surface area contributed by atoms with Gasteiger partial charge >= 0.3 is 17.9 Å². The van der Waals surface area contributed by atoms with Gasteiger partial charge < -0.3 is 28.2 Å². The van der Waals surface area contributed by atoms with E-state index in [1.165, 1.54) is 14.0 Å². The SMILES string of the molecule is CCOC(=O)/C(C)=C(\C(=O)OC(C)(C)C)[C@@H](CC(=O)O[C@H](C(C)C)[C@H](C=O)OC)O[Si](CC)(CC)C(C)C. The zero-order chi connectivity index (χ0) is 29.8. The van der Waals surface area contributed by atoms with Crippen molar-refractivity contribution in [3.8, 4) is 0 Å². The molecule has 0 amide bonds. The van der Waals surface area contributed by atoms with Crippen molar-refractivity contribution in [3.05, 3.63) is 11.1 Å². The number of carbonyl (C=O) groups excluding carboxylic acids is 4. The van der Waals surface area contributed by atoms with Gasteiger partial charge in [-0.15, -0.1) is 0 Å². The first-order chi connectivity index (χ1) is 17.5. The lowest BCUT2D eigenvalue weighted by molar-refractivity contribution is -0.162. The van der Waals surface area contributed by atoms with Crippen molar-refractivity contribution in [2.24, 2.45) is 5.92 Å². The van der Waals surface area contributed by atoms with Crippen LogP contribution in [0.4, 0.5) is 0 Å². The van der Waals surface area contributed by atoms with E-state index in [0.29, 0.717) is 6.29 Å². The van der Waals surface area contributed by atoms with E-state index in [2.05, 4.69) is 13.8 Å². The number of rotatable bonds is 16. The molecule has 10 heteroatoms. The molecule has 0 spiro atoms. The second kappa shape index (κ2) is 16.2. The molecule has 0 aromatic rings. The van der Waals surface area contributed by atoms with Gasteiger partial charge in [-0.3, -0.25) is 4.79 Å². The second-order valence-corrected chi connectivity index (χ2v) is 16.0. The smallest absolute Gasteiger partial charge is 0.337 e. The number of hydrogen-bond acceptors (Lipinski definition) is 9. The number of methoxy groups -OCH3 is 1. The second-order valence-electron chi connectivity index (χ2n) is 11.0. The molecule has 0 bridgehead atoms. The fraction of sp³-hybridized carbons (Fsp3) is 0.786. The summed E-state index contributed by atoms with van der Waals surface area (Å²) < 4.78 is 28.5. The first kappa shape index (κ1) is 36.0. The van der Waals surface area contributed by atoms with Crippen LogP contribution in [0.5, 0.6) is 0 Å². The summed E-state index contributed by atoms with van der Waals surface area (Å²) in [5, 5.41) is 0. The van der Waals surface area contributed by atoms with Crippen molar-refractivity contribution >= 4 is 32.5 Å². The minimum Gasteiger partial charge on any atom is -0.463 e. The third kappa shape index (κ3) is 10.6. The molecule has 220 valence electrons. The van der Waals surface area contributed by atoms with Gasteiger partial charge in [0.05, 0.1) is 24.7 Å². The Morgan fingerprint density at radius 3 is 1.87 bits per heavy atom. The molecule has 0 heterocycles. The number of hydrogen-bond donors (Lipinski definition) is 0. The molecule has 0 aromatic heterocycles. The Morgan fingerprint density at radius 2 is 1.50 bits per heavy atom. The molecule has 0 saturated heterocycles. The quantitative estimate of drug-likeness (QED) is 0.0833. The van der Waals surface area contributed by atoms with Gasteiger partial charge in [0.2, 0.25) is 0 Å². The fourth-order valence-electron chi connectivity index (χ4n) is 4.26. The average Bonchev–Trinajstić information content (AvgIpc) is 2.81. The fourth-order valence-corrected chi connectivity index (χ4v) is 7.77. The van der Waals surface area contributed by atoms with E-state index in [0.717, 1.165) is 12.1 Å². The largest absolute Gasteiger partial charge is 0.463 e. The van der Waals surface area contributed by atoms with Crippen molar-refractivity contribution in [1.82, 2.24) is 0 Å². The molecule has 0 aliphatic rings. The maximum atomic E-state index is 13.5. The van der Waals surface area contributed by atoms with Crippen LogP contribution in [0.15, 0.2) is 11.1 Å². The van der Waals surface area contributed by atoms with E-state index in [1.807, 2.05) is 27.7 Å². The van der Waals surface area contributed by atoms with Gasteiger partial charge in [-0.25, -0.2) is 9.59 Å². The number of esters is 3. The lowest BCUT2D eigenvalue weighted by atomic mass is 10.00. The Morgan fingerprint density at radius 1 is 0.947 bits per heavy atom. The van der Waals surface area contributed by atoms with Crippen LogP contribution in [0.2, 0.25) is 17.6 Å². The summed E-state index contributed by atoms with van der Waals surface area (Å²) in [4.78, 5) is 51.2. The van der Waals surface area contributed by atoms with E-state index in [9.17, 15) is 19.2 Å². The van der Waals surface area contributed by atoms with E-state index in [4.69, 9.17) is 23.4 Å². The van der Waals surface area contributed by atoms with Crippen molar-refractivity contribution in [3.63, 3.8) is 0 Å². The molecule has 0 aromatic carbocycles. The van der Waals surface area contributed by atoms with Gasteiger partial charge in [0.1, 0.15) is 17.8 Å². The predicted octanol–water partition coefficient (Wildman–Crippen LogP) is 5.16. The highest BCUT2D eigenvalue weighted by Gasteiger charge is 2.42. The zero-order valence-corrected chi connectivity index (χ0v) is 26.5. The topological polar surface area (TPSA) is 114 Å². The molecule has 38 heavy (non-hydrogen) atoms. The molecule has 0 aliphatic carbocycles. The summed E-state index contributed by atoms with van der Waals surface area (Å²) in [6.07, 6.45) is -2.66. The molecular weight excluding hydrogens is 508 g/mol. The molecule has 0 saturated carbocycles. The maximum absolute atomic E-state index is 13.5. The molecule has 3 atom stereocenters. The van der Waals surface area contributed by atoms with Crippen LogP contribution in [0, 0.1) is 5.92 Å². The molecule has 9 nitrogen and oxygen atoms in total. The molecular formula is C28H50O9Si. The van der Waals surface area contributed by atoms with Gasteiger partial charge in [0.15, 0.2) is 14.6 Å². The summed E-state index contributed by atoms with van der Waals surface area (Å²) in [7, 11) is -1.13. The molecule has 0 aliphatic heterocycles. The molecule has 0 unspecified atom stereocenters. The summed E-state index contributed by atoms with van der Waals surface area (Å²) in [6, 6.07) is 1.47. The van der Waals surface area contributed by atoms with Crippen LogP contribution in [0.25, 0.3) is 0 Å². The minimum atomic E-state index is -2.50. The highest BCUT2D eigenvalue weighted by atomic mass is 28.4. The molecule has 0 N–H and O–H groups in total. The lowest BCUT2D eigenvalue weighted by Crippen LogP contribution is -2.47. The van der Waals surface area contributed by atoms with Crippen molar-refractivity contribution < 1.29 is 42.6 Å². The van der Waals surface area contributed by atoms with Crippen molar-refractivity contribution in [2.45, 2.75) is 124 Å². The number of ether oxygens (including phenoxy) is 4. The van der Waals surface area contributed by atoms with Crippen LogP contribution < -0.4 is 0 Å². The van der Waals surface area contributed by atoms with Crippen LogP contribution >= 0.6 is 0 Å². The average molecular weight is 559 g/mol. The Kier molecular flexibility index (Phi) is 15.3. The van der Waals surface area contributed by atoms with Crippen LogP contribution in [-0.4, -0.2) is 70.1 Å². The zero-order valence-electron chi connectivity index (χ0n) is 25.5. The summed E-state index contributed by atoms with van der Waals surface area (Å²) in [5.41, 5.74) is -0.742. The minimum absolute atomic E-state index is 0.0147. The molecule has 0 fully saturated rings. The van der Waals surface area contributed by atoms with E-state index in [1.54, 1.807) is 27.7 Å². The first-order valence-corrected chi connectivity index (χ1v) is 15.9. The first-order valence-electron chi connectivity index (χ1n) is 13.5. The maximum Gasteiger partial charge on any atom is 0.337 e. The van der Waals surface area contributed by atoms with E-state index in [-0.39, 0.29) is 35.6 Å². The Labute approximate surface area is 230 Å². The molecule has 0 radical (unpaired) electrons. The third-order valence-corrected chi connectivity index (χ3v) is 11.8. The lowest BCUT2D eigenvalue weighted by Gasteiger charge is -2.38. The highest BCUT2D eigenvalue weighted by molar-refractivity contribution is 6.75. The van der Waals surface area contributed by atoms with Crippen molar-refractivity contribution in [2.75, 3.05) is 13.7 Å². The van der Waals surface area contributed by atoms with Gasteiger partial charge in [0.25, 0.3) is 0 Å². The van der Waals surface area contributed by atoms with Crippen LogP contribution in [0.1, 0.15) is 82.6 Å². The van der Waals surface area contributed by atoms with Crippen LogP contribution in [-0.2, 0) is 42.6 Å². The Bertz CT molecular complexity index is 823. The van der Waals surface area contributed by atoms with Gasteiger partial charge in [0, 0.05) is 12.7 Å². The van der Waals surface area contributed by atoms with Gasteiger partial charge in [-0.1, -0.05) is 41.5 Å². The van der Waals surface area contributed by atoms with E-state index >= 15 is 0 Å². The molecule has 0 rings (SSSR count). The van der Waals surface area contributed by atoms with E-state index < -0.39 is 50.1 Å². The van der Waals surface area contributed by atoms with Gasteiger partial charge in [-0.2, -0.15) is 0 Å². The third-order valence-electron chi connectivity index (χ3n) is 6.56. The Balaban J connectivity index is 6.85. The summed E-state index contributed by atoms with van der Waals surface area (Å²) >= 11 is 0. The normalized spacial score (nSPS) is 15.4. The summed E-state index contributed by atoms with van der Waals surface area (Å²) in [5.74, 6) is -2.36. The predicted molar refractivity (Wildman–Crippen MR) is 148 cm³/mol. The van der Waals surface area contributed by atoms with Gasteiger partial charge in [-0.05, 0) is 58.2 Å². The van der Waals surface area contributed by atoms with Crippen molar-refractivity contribution in [1.29, 1.82) is 0 Å². The number of carbonyl (C=O) groups is 4. The summed E-state index contributed by atoms with van der Waals surface area (Å²) in [6.45, 7) is 20.2. The highest BCUT2D eigenvalue weighted by Crippen LogP contribution is 2.35. The Hall–Kier alpha value is -2.04. The number of aldehydes is 1. The van der Waals surface area contributed by atoms with Crippen LogP contribution in [0.3, 0.4) is 0 Å². The monoisotopic (exact) mass is 558 g/mol.